The average molecular weight is 425 g/mol. The molecule has 8 heteroatoms. The molecule has 0 spiro atoms. The van der Waals surface area contributed by atoms with Crippen molar-refractivity contribution in [1.29, 1.82) is 0 Å². The second kappa shape index (κ2) is 8.91. The second-order valence-corrected chi connectivity index (χ2v) is 8.41. The molecule has 0 radical (unpaired) electrons. The molecule has 4 rings (SSSR count). The van der Waals surface area contributed by atoms with E-state index in [9.17, 15) is 9.59 Å². The number of fused-ring (bicyclic) bond motifs is 1. The zero-order valence-corrected chi connectivity index (χ0v) is 17.7. The van der Waals surface area contributed by atoms with Crippen molar-refractivity contribution in [2.24, 2.45) is 5.92 Å². The molecule has 0 bridgehead atoms. The normalized spacial score (nSPS) is 23.6. The fourth-order valence-electron chi connectivity index (χ4n) is 4.60. The summed E-state index contributed by atoms with van der Waals surface area (Å²) in [5.74, 6) is 0.0906. The Hall–Kier alpha value is -3.16. The van der Waals surface area contributed by atoms with Gasteiger partial charge in [0.15, 0.2) is 0 Å². The van der Waals surface area contributed by atoms with E-state index in [-0.39, 0.29) is 41.6 Å². The Labute approximate surface area is 181 Å². The van der Waals surface area contributed by atoms with Crippen molar-refractivity contribution in [2.75, 3.05) is 17.2 Å². The first kappa shape index (κ1) is 21.1. The standard InChI is InChI=1S/C23H28N4O4/c1-2-18-12-27(23(30)20-21(24)25-13-26-22(20)31-18)17-9-7-16(8-10-17)15-5-3-14(4-6-15)11-19(28)29/h7-10,13-15,18H,2-6,11-12H2,1H3,(H,28,29)(H2,24,25,26). The number of carboxylic acid groups (broad SMARTS) is 1. The lowest BCUT2D eigenvalue weighted by molar-refractivity contribution is -0.138. The molecule has 1 aromatic heterocycles. The minimum Gasteiger partial charge on any atom is -0.481 e. The van der Waals surface area contributed by atoms with Gasteiger partial charge in [-0.1, -0.05) is 19.1 Å². The van der Waals surface area contributed by atoms with Crippen LogP contribution < -0.4 is 15.4 Å². The summed E-state index contributed by atoms with van der Waals surface area (Å²) in [5, 5.41) is 9.00. The molecular formula is C23H28N4O4. The van der Waals surface area contributed by atoms with Gasteiger partial charge in [-0.3, -0.25) is 9.59 Å². The lowest BCUT2D eigenvalue weighted by Gasteiger charge is -2.28. The van der Waals surface area contributed by atoms with Crippen LogP contribution in [0.15, 0.2) is 30.6 Å². The molecule has 1 fully saturated rings. The van der Waals surface area contributed by atoms with Gasteiger partial charge in [0.2, 0.25) is 5.88 Å². The summed E-state index contributed by atoms with van der Waals surface area (Å²) in [6.07, 6.45) is 5.97. The molecule has 1 unspecified atom stereocenters. The smallest absolute Gasteiger partial charge is 0.303 e. The number of hydrogen-bond donors (Lipinski definition) is 2. The van der Waals surface area contributed by atoms with E-state index in [0.29, 0.717) is 12.5 Å². The molecule has 31 heavy (non-hydrogen) atoms. The Balaban J connectivity index is 1.52. The number of rotatable bonds is 5. The average Bonchev–Trinajstić information content (AvgIpc) is 2.91. The number of carboxylic acids is 1. The third-order valence-corrected chi connectivity index (χ3v) is 6.41. The summed E-state index contributed by atoms with van der Waals surface area (Å²) in [5.41, 5.74) is 8.20. The van der Waals surface area contributed by atoms with Crippen molar-refractivity contribution in [3.05, 3.63) is 41.7 Å². The summed E-state index contributed by atoms with van der Waals surface area (Å²) in [7, 11) is 0. The van der Waals surface area contributed by atoms with Crippen LogP contribution in [0.5, 0.6) is 5.88 Å². The number of nitrogens with two attached hydrogens (primary N) is 1. The molecule has 1 amide bonds. The Morgan fingerprint density at radius 2 is 1.90 bits per heavy atom. The van der Waals surface area contributed by atoms with Crippen LogP contribution in [-0.4, -0.2) is 39.6 Å². The summed E-state index contributed by atoms with van der Waals surface area (Å²) >= 11 is 0. The number of ether oxygens (including phenoxy) is 1. The van der Waals surface area contributed by atoms with Gasteiger partial charge in [0.05, 0.1) is 6.54 Å². The molecule has 1 saturated carbocycles. The Bertz CT molecular complexity index is 955. The van der Waals surface area contributed by atoms with Gasteiger partial charge in [-0.15, -0.1) is 0 Å². The Morgan fingerprint density at radius 3 is 2.55 bits per heavy atom. The van der Waals surface area contributed by atoms with Crippen molar-refractivity contribution in [1.82, 2.24) is 9.97 Å². The fraction of sp³-hybridized carbons (Fsp3) is 0.478. The van der Waals surface area contributed by atoms with E-state index in [0.717, 1.165) is 37.8 Å². The molecule has 1 aliphatic carbocycles. The van der Waals surface area contributed by atoms with Gasteiger partial charge in [-0.25, -0.2) is 9.97 Å². The topological polar surface area (TPSA) is 119 Å². The quantitative estimate of drug-likeness (QED) is 0.752. The molecule has 1 aliphatic heterocycles. The van der Waals surface area contributed by atoms with Crippen molar-refractivity contribution in [2.45, 2.75) is 57.5 Å². The van der Waals surface area contributed by atoms with E-state index in [1.165, 1.54) is 11.9 Å². The molecule has 0 saturated heterocycles. The zero-order chi connectivity index (χ0) is 22.0. The van der Waals surface area contributed by atoms with Crippen LogP contribution in [-0.2, 0) is 4.79 Å². The van der Waals surface area contributed by atoms with Crippen LogP contribution >= 0.6 is 0 Å². The first-order chi connectivity index (χ1) is 15.0. The first-order valence-corrected chi connectivity index (χ1v) is 10.9. The predicted octanol–water partition coefficient (Wildman–Crippen LogP) is 3.63. The molecule has 3 N–H and O–H groups in total. The highest BCUT2D eigenvalue weighted by atomic mass is 16.5. The number of anilines is 2. The maximum Gasteiger partial charge on any atom is 0.303 e. The summed E-state index contributed by atoms with van der Waals surface area (Å²) in [6, 6.07) is 8.08. The van der Waals surface area contributed by atoms with Crippen molar-refractivity contribution in [3.63, 3.8) is 0 Å². The number of nitrogen functional groups attached to an aromatic ring is 1. The molecule has 164 valence electrons. The number of carbonyl (C=O) groups is 2. The van der Waals surface area contributed by atoms with Gasteiger partial charge in [0.25, 0.3) is 5.91 Å². The highest BCUT2D eigenvalue weighted by Crippen LogP contribution is 2.38. The number of carbonyl (C=O) groups excluding carboxylic acids is 1. The Morgan fingerprint density at radius 1 is 1.19 bits per heavy atom. The zero-order valence-electron chi connectivity index (χ0n) is 17.7. The van der Waals surface area contributed by atoms with Crippen LogP contribution in [0.2, 0.25) is 0 Å². The van der Waals surface area contributed by atoms with Crippen molar-refractivity contribution in [3.8, 4) is 5.88 Å². The van der Waals surface area contributed by atoms with E-state index in [1.54, 1.807) is 4.90 Å². The van der Waals surface area contributed by atoms with E-state index in [4.69, 9.17) is 15.6 Å². The number of aliphatic carboxylic acids is 1. The van der Waals surface area contributed by atoms with Crippen LogP contribution in [0, 0.1) is 5.92 Å². The lowest BCUT2D eigenvalue weighted by atomic mass is 9.77. The van der Waals surface area contributed by atoms with Gasteiger partial charge in [-0.05, 0) is 61.6 Å². The third-order valence-electron chi connectivity index (χ3n) is 6.41. The van der Waals surface area contributed by atoms with Gasteiger partial charge >= 0.3 is 5.97 Å². The van der Waals surface area contributed by atoms with Crippen molar-refractivity contribution >= 4 is 23.4 Å². The molecule has 2 aliphatic rings. The van der Waals surface area contributed by atoms with Gasteiger partial charge in [-0.2, -0.15) is 0 Å². The van der Waals surface area contributed by atoms with E-state index >= 15 is 0 Å². The Kier molecular flexibility index (Phi) is 6.06. The highest BCUT2D eigenvalue weighted by Gasteiger charge is 2.32. The number of benzene rings is 1. The molecule has 1 atom stereocenters. The number of nitrogens with zero attached hydrogens (tertiary/aromatic N) is 3. The molecule has 8 nitrogen and oxygen atoms in total. The second-order valence-electron chi connectivity index (χ2n) is 8.41. The van der Waals surface area contributed by atoms with E-state index < -0.39 is 5.97 Å². The summed E-state index contributed by atoms with van der Waals surface area (Å²) < 4.78 is 5.93. The van der Waals surface area contributed by atoms with Crippen LogP contribution in [0.1, 0.15) is 67.3 Å². The van der Waals surface area contributed by atoms with Crippen LogP contribution in [0.4, 0.5) is 11.5 Å². The molecular weight excluding hydrogens is 396 g/mol. The molecule has 1 aromatic carbocycles. The minimum absolute atomic E-state index is 0.117. The number of aromatic nitrogens is 2. The van der Waals surface area contributed by atoms with E-state index in [1.807, 2.05) is 19.1 Å². The van der Waals surface area contributed by atoms with Gasteiger partial charge in [0, 0.05) is 12.1 Å². The summed E-state index contributed by atoms with van der Waals surface area (Å²) in [6.45, 7) is 2.41. The van der Waals surface area contributed by atoms with Crippen LogP contribution in [0.3, 0.4) is 0 Å². The largest absolute Gasteiger partial charge is 0.481 e. The lowest BCUT2D eigenvalue weighted by Crippen LogP contribution is -2.37. The monoisotopic (exact) mass is 424 g/mol. The third kappa shape index (κ3) is 4.47. The van der Waals surface area contributed by atoms with Gasteiger partial charge < -0.3 is 20.5 Å². The fourth-order valence-corrected chi connectivity index (χ4v) is 4.60. The first-order valence-electron chi connectivity index (χ1n) is 10.9. The minimum atomic E-state index is -0.711. The predicted molar refractivity (Wildman–Crippen MR) is 116 cm³/mol. The van der Waals surface area contributed by atoms with Gasteiger partial charge in [0.1, 0.15) is 23.8 Å². The molecule has 2 heterocycles. The highest BCUT2D eigenvalue weighted by molar-refractivity contribution is 6.10. The van der Waals surface area contributed by atoms with Crippen LogP contribution in [0.25, 0.3) is 0 Å². The number of hydrogen-bond acceptors (Lipinski definition) is 6. The SMILES string of the molecule is CCC1CN(c2ccc(C3CCC(CC(=O)O)CC3)cc2)C(=O)c2c(N)ncnc2O1. The maximum atomic E-state index is 13.3. The maximum absolute atomic E-state index is 13.3. The summed E-state index contributed by atoms with van der Waals surface area (Å²) in [4.78, 5) is 34.0. The molecule has 2 aromatic rings. The van der Waals surface area contributed by atoms with E-state index in [2.05, 4.69) is 22.1 Å². The van der Waals surface area contributed by atoms with Crippen molar-refractivity contribution < 1.29 is 19.4 Å². The number of amides is 1.